The first-order valence-electron chi connectivity index (χ1n) is 10.0. The lowest BCUT2D eigenvalue weighted by Gasteiger charge is -2.17. The Bertz CT molecular complexity index is 266. The molecule has 6 nitrogen and oxygen atoms in total. The van der Waals surface area contributed by atoms with E-state index in [0.717, 1.165) is 6.61 Å². The number of aliphatic hydroxyl groups is 1. The van der Waals surface area contributed by atoms with E-state index in [1.54, 1.807) is 14.0 Å². The zero-order valence-corrected chi connectivity index (χ0v) is 25.0. The minimum Gasteiger partial charge on any atom is -0.460 e. The number of methoxy groups -OCH3 is 1. The summed E-state index contributed by atoms with van der Waals surface area (Å²) in [4.78, 5) is 20.5. The van der Waals surface area contributed by atoms with Crippen LogP contribution in [0.3, 0.4) is 0 Å². The number of hydrogen-bond donors (Lipinski definition) is 1. The molecule has 0 fully saturated rings. The SMILES string of the molecule is C.C.CBr.CC.CC.CC(=O)OC(C)(C)C.CC(=O)OC(C)(C)C.CCO.CCOC.[B].[B]. The van der Waals surface area contributed by atoms with Crippen molar-refractivity contribution in [3.05, 3.63) is 0 Å². The summed E-state index contributed by atoms with van der Waals surface area (Å²) >= 11 is 2.94. The lowest BCUT2D eigenvalue weighted by Crippen LogP contribution is -2.21. The molecule has 0 saturated carbocycles. The van der Waals surface area contributed by atoms with E-state index in [2.05, 4.69) is 20.7 Å². The van der Waals surface area contributed by atoms with Crippen molar-refractivity contribution in [1.29, 1.82) is 0 Å². The first kappa shape index (κ1) is 69.8. The Balaban J connectivity index is -0.0000000202. The third-order valence-electron chi connectivity index (χ3n) is 1.19. The molecule has 0 aliphatic carbocycles. The molecule has 206 valence electrons. The summed E-state index contributed by atoms with van der Waals surface area (Å²) in [6.45, 7) is 26.6. The molecule has 0 spiro atoms. The summed E-state index contributed by atoms with van der Waals surface area (Å²) < 4.78 is 14.1. The first-order valence-corrected chi connectivity index (χ1v) is 11.6. The number of alkyl halides is 1. The van der Waals surface area contributed by atoms with Crippen LogP contribution in [0.1, 0.15) is 112 Å². The van der Waals surface area contributed by atoms with Gasteiger partial charge < -0.3 is 19.3 Å². The number of carbonyl (C=O) groups is 2. The van der Waals surface area contributed by atoms with Crippen LogP contribution >= 0.6 is 15.9 Å². The van der Waals surface area contributed by atoms with Crippen LogP contribution < -0.4 is 0 Å². The lowest BCUT2D eigenvalue weighted by atomic mass is 10.2. The molecule has 0 aromatic heterocycles. The first-order chi connectivity index (χ1) is 13.2. The summed E-state index contributed by atoms with van der Waals surface area (Å²) in [7, 11) is 1.68. The van der Waals surface area contributed by atoms with Crippen molar-refractivity contribution in [3.63, 3.8) is 0 Å². The molecule has 9 heteroatoms. The fourth-order valence-corrected chi connectivity index (χ4v) is 0.862. The van der Waals surface area contributed by atoms with Gasteiger partial charge in [0.15, 0.2) is 0 Å². The Kier molecular flexibility index (Phi) is 122. The second kappa shape index (κ2) is 57.9. The van der Waals surface area contributed by atoms with Gasteiger partial charge in [0, 0.05) is 51.0 Å². The second-order valence-electron chi connectivity index (χ2n) is 6.31. The van der Waals surface area contributed by atoms with Crippen LogP contribution in [0.2, 0.25) is 0 Å². The topological polar surface area (TPSA) is 82.1 Å². The Labute approximate surface area is 222 Å². The van der Waals surface area contributed by atoms with Crippen LogP contribution in [0.25, 0.3) is 0 Å². The van der Waals surface area contributed by atoms with Crippen molar-refractivity contribution in [3.8, 4) is 0 Å². The number of aliphatic hydroxyl groups excluding tert-OH is 1. The molecular weight excluding hydrogens is 486 g/mol. The normalized spacial score (nSPS) is 7.33. The van der Waals surface area contributed by atoms with Crippen LogP contribution in [0.15, 0.2) is 0 Å². The predicted octanol–water partition coefficient (Wildman–Crippen LogP) is 6.92. The molecule has 0 aliphatic rings. The van der Waals surface area contributed by atoms with Gasteiger partial charge in [0.2, 0.25) is 0 Å². The molecule has 0 heterocycles. The largest absolute Gasteiger partial charge is 0.460 e. The summed E-state index contributed by atoms with van der Waals surface area (Å²) in [5, 5.41) is 7.57. The number of halogens is 1. The van der Waals surface area contributed by atoms with Crippen molar-refractivity contribution >= 4 is 44.7 Å². The van der Waals surface area contributed by atoms with Gasteiger partial charge in [0.1, 0.15) is 11.2 Å². The molecule has 33 heavy (non-hydrogen) atoms. The highest BCUT2D eigenvalue weighted by atomic mass is 79.9. The number of rotatable bonds is 1. The van der Waals surface area contributed by atoms with Crippen molar-refractivity contribution in [2.45, 2.75) is 123 Å². The van der Waals surface area contributed by atoms with E-state index in [1.807, 2.05) is 82.0 Å². The smallest absolute Gasteiger partial charge is 0.303 e. The van der Waals surface area contributed by atoms with Crippen LogP contribution in [-0.2, 0) is 23.8 Å². The maximum Gasteiger partial charge on any atom is 0.303 e. The molecule has 0 aliphatic heterocycles. The van der Waals surface area contributed by atoms with Crippen LogP contribution in [0.5, 0.6) is 0 Å². The molecule has 0 saturated heterocycles. The third-order valence-corrected chi connectivity index (χ3v) is 1.19. The van der Waals surface area contributed by atoms with E-state index in [9.17, 15) is 9.59 Å². The van der Waals surface area contributed by atoms with Gasteiger partial charge in [-0.25, -0.2) is 0 Å². The second-order valence-corrected chi connectivity index (χ2v) is 6.31. The maximum absolute atomic E-state index is 10.2. The summed E-state index contributed by atoms with van der Waals surface area (Å²) in [5.41, 5.74) is -0.655. The Morgan fingerprint density at radius 3 is 0.848 bits per heavy atom. The summed E-state index contributed by atoms with van der Waals surface area (Å²) in [6, 6.07) is 0. The van der Waals surface area contributed by atoms with Crippen molar-refractivity contribution in [2.75, 3.05) is 26.2 Å². The molecular formula is C24H61B2BrO6. The van der Waals surface area contributed by atoms with Crippen LogP contribution in [0, 0.1) is 0 Å². The van der Waals surface area contributed by atoms with Gasteiger partial charge >= 0.3 is 11.9 Å². The molecule has 1 N–H and O–H groups in total. The van der Waals surface area contributed by atoms with Gasteiger partial charge in [-0.2, -0.15) is 0 Å². The fraction of sp³-hybridized carbons (Fsp3) is 0.917. The minimum atomic E-state index is -0.328. The standard InChI is InChI=1S/2C6H12O2.C3H8O.C2H6O.2C2H6.CH3Br.2CH4.2B/c2*1-5(7)8-6(2,3)4;1-3-4-2;1-2-3;3*1-2;;;;/h2*1-4H3;3H2,1-2H3;3H,2H2,1H3;2*1-2H3;1H3;2*1H4;;. The highest BCUT2D eigenvalue weighted by molar-refractivity contribution is 9.08. The van der Waals surface area contributed by atoms with Crippen molar-refractivity contribution in [1.82, 2.24) is 0 Å². The minimum absolute atomic E-state index is 0. The monoisotopic (exact) mass is 546 g/mol. The number of carbonyl (C=O) groups excluding carboxylic acids is 2. The quantitative estimate of drug-likeness (QED) is 0.218. The van der Waals surface area contributed by atoms with E-state index in [1.165, 1.54) is 13.8 Å². The molecule has 0 atom stereocenters. The van der Waals surface area contributed by atoms with Crippen LogP contribution in [-0.4, -0.2) is 71.2 Å². The molecule has 0 bridgehead atoms. The zero-order chi connectivity index (χ0) is 25.7. The number of hydrogen-bond acceptors (Lipinski definition) is 6. The average Bonchev–Trinajstić information content (AvgIpc) is 2.57. The molecule has 0 amide bonds. The van der Waals surface area contributed by atoms with E-state index >= 15 is 0 Å². The van der Waals surface area contributed by atoms with E-state index in [-0.39, 0.29) is 61.4 Å². The van der Waals surface area contributed by atoms with Crippen LogP contribution in [0.4, 0.5) is 0 Å². The summed E-state index contributed by atoms with van der Waals surface area (Å²) in [5.74, 6) is 1.36. The lowest BCUT2D eigenvalue weighted by molar-refractivity contribution is -0.153. The highest BCUT2D eigenvalue weighted by Gasteiger charge is 2.12. The molecule has 0 aromatic rings. The Morgan fingerprint density at radius 2 is 0.848 bits per heavy atom. The Hall–Kier alpha value is -0.530. The number of ether oxygens (including phenoxy) is 3. The van der Waals surface area contributed by atoms with Gasteiger partial charge in [0.05, 0.1) is 0 Å². The zero-order valence-electron chi connectivity index (χ0n) is 23.4. The van der Waals surface area contributed by atoms with Crippen molar-refractivity contribution in [2.24, 2.45) is 0 Å². The van der Waals surface area contributed by atoms with E-state index in [4.69, 9.17) is 14.6 Å². The van der Waals surface area contributed by atoms with Crippen molar-refractivity contribution < 1.29 is 28.9 Å². The predicted molar refractivity (Wildman–Crippen MR) is 156 cm³/mol. The molecule has 0 unspecified atom stereocenters. The molecule has 0 rings (SSSR count). The number of esters is 2. The maximum atomic E-state index is 10.2. The highest BCUT2D eigenvalue weighted by Crippen LogP contribution is 2.06. The van der Waals surface area contributed by atoms with Gasteiger partial charge in [-0.15, -0.1) is 0 Å². The molecule has 6 radical (unpaired) electrons. The molecule has 0 aromatic carbocycles. The van der Waals surface area contributed by atoms with E-state index in [0.29, 0.717) is 0 Å². The van der Waals surface area contributed by atoms with Gasteiger partial charge in [-0.3, -0.25) is 9.59 Å². The van der Waals surface area contributed by atoms with Gasteiger partial charge in [-0.05, 0) is 61.2 Å². The Morgan fingerprint density at radius 1 is 0.727 bits per heavy atom. The fourth-order valence-electron chi connectivity index (χ4n) is 0.862. The third kappa shape index (κ3) is 249. The summed E-state index contributed by atoms with van der Waals surface area (Å²) in [6.07, 6.45) is 0. The van der Waals surface area contributed by atoms with E-state index < -0.39 is 0 Å². The van der Waals surface area contributed by atoms with Gasteiger partial charge in [-0.1, -0.05) is 58.5 Å². The average molecular weight is 547 g/mol. The van der Waals surface area contributed by atoms with Gasteiger partial charge in [0.25, 0.3) is 0 Å².